The summed E-state index contributed by atoms with van der Waals surface area (Å²) in [7, 11) is -3.66. The molecule has 1 saturated carbocycles. The van der Waals surface area contributed by atoms with E-state index in [9.17, 15) is 18.0 Å². The van der Waals surface area contributed by atoms with Gasteiger partial charge in [-0.05, 0) is 87.4 Å². The van der Waals surface area contributed by atoms with Gasteiger partial charge in [-0.25, -0.2) is 8.42 Å². The average molecular weight is 496 g/mol. The molecule has 1 N–H and O–H groups in total. The maximum Gasteiger partial charge on any atom is 0.243 e. The van der Waals surface area contributed by atoms with E-state index < -0.39 is 10.0 Å². The Balaban J connectivity index is 1.25. The molecule has 0 spiro atoms. The van der Waals surface area contributed by atoms with Crippen molar-refractivity contribution in [3.05, 3.63) is 53.6 Å². The van der Waals surface area contributed by atoms with Crippen LogP contribution in [0.5, 0.6) is 0 Å². The summed E-state index contributed by atoms with van der Waals surface area (Å²) in [5.41, 5.74) is 3.60. The van der Waals surface area contributed by atoms with Gasteiger partial charge in [0.15, 0.2) is 0 Å². The highest BCUT2D eigenvalue weighted by atomic mass is 32.2. The molecule has 1 saturated heterocycles. The lowest BCUT2D eigenvalue weighted by Gasteiger charge is -2.32. The summed E-state index contributed by atoms with van der Waals surface area (Å²) in [6.07, 6.45) is 4.64. The van der Waals surface area contributed by atoms with Crippen molar-refractivity contribution in [1.29, 1.82) is 0 Å². The molecule has 2 amide bonds. The lowest BCUT2D eigenvalue weighted by atomic mass is 9.84. The average Bonchev–Trinajstić information content (AvgIpc) is 3.13. The van der Waals surface area contributed by atoms with Crippen molar-refractivity contribution in [2.24, 2.45) is 11.8 Å². The minimum Gasteiger partial charge on any atom is -0.326 e. The molecule has 5 rings (SSSR count). The van der Waals surface area contributed by atoms with Crippen LogP contribution in [0, 0.1) is 18.8 Å². The molecule has 0 radical (unpaired) electrons. The van der Waals surface area contributed by atoms with Crippen molar-refractivity contribution in [1.82, 2.24) is 4.31 Å². The van der Waals surface area contributed by atoms with E-state index in [2.05, 4.69) is 5.32 Å². The van der Waals surface area contributed by atoms with Gasteiger partial charge in [0.1, 0.15) is 0 Å². The first kappa shape index (κ1) is 24.0. The Labute approximate surface area is 207 Å². The Morgan fingerprint density at radius 2 is 1.71 bits per heavy atom. The van der Waals surface area contributed by atoms with E-state index in [0.29, 0.717) is 32.4 Å². The summed E-state index contributed by atoms with van der Waals surface area (Å²) >= 11 is 0. The predicted molar refractivity (Wildman–Crippen MR) is 136 cm³/mol. The summed E-state index contributed by atoms with van der Waals surface area (Å²) < 4.78 is 28.3. The number of rotatable bonds is 5. The van der Waals surface area contributed by atoms with Crippen LogP contribution in [0.25, 0.3) is 0 Å². The molecule has 35 heavy (non-hydrogen) atoms. The Kier molecular flexibility index (Phi) is 6.44. The quantitative estimate of drug-likeness (QED) is 0.676. The largest absolute Gasteiger partial charge is 0.326 e. The first-order valence-electron chi connectivity index (χ1n) is 12.6. The van der Waals surface area contributed by atoms with Crippen molar-refractivity contribution in [3.63, 3.8) is 0 Å². The molecule has 1 aliphatic carbocycles. The SMILES string of the molecule is Cc1cccc(NC(=O)C2CCN(S(=O)(=O)c3ccc4c(c3)C[C@@H](C)N4C(=O)C3CCC3)CC2)c1. The van der Waals surface area contributed by atoms with E-state index in [4.69, 9.17) is 0 Å². The third kappa shape index (κ3) is 4.61. The van der Waals surface area contributed by atoms with E-state index >= 15 is 0 Å². The van der Waals surface area contributed by atoms with E-state index in [1.54, 1.807) is 18.2 Å². The molecule has 2 heterocycles. The van der Waals surface area contributed by atoms with Crippen molar-refractivity contribution in [3.8, 4) is 0 Å². The number of aryl methyl sites for hydroxylation is 1. The lowest BCUT2D eigenvalue weighted by Crippen LogP contribution is -2.42. The third-order valence-electron chi connectivity index (χ3n) is 7.71. The van der Waals surface area contributed by atoms with Crippen molar-refractivity contribution in [2.75, 3.05) is 23.3 Å². The number of anilines is 2. The maximum absolute atomic E-state index is 13.4. The second kappa shape index (κ2) is 9.39. The Morgan fingerprint density at radius 3 is 2.37 bits per heavy atom. The van der Waals surface area contributed by atoms with Gasteiger partial charge in [-0.2, -0.15) is 4.31 Å². The fourth-order valence-electron chi connectivity index (χ4n) is 5.43. The van der Waals surface area contributed by atoms with Gasteiger partial charge in [-0.1, -0.05) is 18.6 Å². The lowest BCUT2D eigenvalue weighted by molar-refractivity contribution is -0.125. The highest BCUT2D eigenvalue weighted by molar-refractivity contribution is 7.89. The standard InChI is InChI=1S/C27H33N3O4S/c1-18-5-3-8-23(15-18)28-26(31)20-11-13-29(14-12-20)35(33,34)24-9-10-25-22(17-24)16-19(2)30(25)27(32)21-6-4-7-21/h3,5,8-10,15,17,19-21H,4,6-7,11-14,16H2,1-2H3,(H,28,31)/t19-/m1/s1. The second-order valence-corrected chi connectivity index (χ2v) is 12.2. The number of nitrogens with one attached hydrogen (secondary N) is 1. The van der Waals surface area contributed by atoms with Crippen LogP contribution >= 0.6 is 0 Å². The smallest absolute Gasteiger partial charge is 0.243 e. The Morgan fingerprint density at radius 1 is 0.971 bits per heavy atom. The first-order chi connectivity index (χ1) is 16.7. The summed E-state index contributed by atoms with van der Waals surface area (Å²) in [5.74, 6) is 0.00429. The molecule has 0 aromatic heterocycles. The number of nitrogens with zero attached hydrogens (tertiary/aromatic N) is 2. The fraction of sp³-hybridized carbons (Fsp3) is 0.481. The third-order valence-corrected chi connectivity index (χ3v) is 9.60. The molecule has 0 unspecified atom stereocenters. The number of sulfonamides is 1. The summed E-state index contributed by atoms with van der Waals surface area (Å²) in [4.78, 5) is 27.8. The topological polar surface area (TPSA) is 86.8 Å². The van der Waals surface area contributed by atoms with Crippen LogP contribution in [0.4, 0.5) is 11.4 Å². The Hall–Kier alpha value is -2.71. The number of carbonyl (C=O) groups excluding carboxylic acids is 2. The molecule has 1 atom stereocenters. The summed E-state index contributed by atoms with van der Waals surface area (Å²) in [5, 5.41) is 2.96. The van der Waals surface area contributed by atoms with Crippen molar-refractivity contribution in [2.45, 2.75) is 63.3 Å². The van der Waals surface area contributed by atoms with Gasteiger partial charge in [-0.3, -0.25) is 9.59 Å². The number of carbonyl (C=O) groups is 2. The number of piperidine rings is 1. The van der Waals surface area contributed by atoms with Gasteiger partial charge in [0, 0.05) is 42.3 Å². The van der Waals surface area contributed by atoms with Crippen LogP contribution in [-0.2, 0) is 26.0 Å². The second-order valence-electron chi connectivity index (χ2n) is 10.2. The van der Waals surface area contributed by atoms with Gasteiger partial charge >= 0.3 is 0 Å². The molecule has 0 bridgehead atoms. The van der Waals surface area contributed by atoms with E-state index in [0.717, 1.165) is 41.8 Å². The monoisotopic (exact) mass is 495 g/mol. The molecular formula is C27H33N3O4S. The number of hydrogen-bond acceptors (Lipinski definition) is 4. The molecule has 2 aromatic carbocycles. The zero-order valence-electron chi connectivity index (χ0n) is 20.4. The number of amides is 2. The minimum absolute atomic E-state index is 0.0405. The minimum atomic E-state index is -3.66. The first-order valence-corrected chi connectivity index (χ1v) is 14.0. The van der Waals surface area contributed by atoms with Gasteiger partial charge in [0.2, 0.25) is 21.8 Å². The summed E-state index contributed by atoms with van der Waals surface area (Å²) in [6, 6.07) is 12.9. The van der Waals surface area contributed by atoms with Gasteiger partial charge in [-0.15, -0.1) is 0 Å². The van der Waals surface area contributed by atoms with Crippen molar-refractivity contribution >= 4 is 33.2 Å². The molecule has 3 aliphatic rings. The number of benzene rings is 2. The highest BCUT2D eigenvalue weighted by Crippen LogP contribution is 2.38. The Bertz CT molecular complexity index is 1250. The van der Waals surface area contributed by atoms with Crippen LogP contribution in [0.3, 0.4) is 0 Å². The van der Waals surface area contributed by atoms with Crippen molar-refractivity contribution < 1.29 is 18.0 Å². The molecule has 186 valence electrons. The summed E-state index contributed by atoms with van der Waals surface area (Å²) in [6.45, 7) is 4.63. The number of fused-ring (bicyclic) bond motifs is 1. The van der Waals surface area contributed by atoms with Crippen LogP contribution in [-0.4, -0.2) is 43.7 Å². The van der Waals surface area contributed by atoms with Crippen LogP contribution in [0.1, 0.15) is 50.2 Å². The maximum atomic E-state index is 13.4. The fourth-order valence-corrected chi connectivity index (χ4v) is 6.95. The van der Waals surface area contributed by atoms with Gasteiger partial charge < -0.3 is 10.2 Å². The molecular weight excluding hydrogens is 462 g/mol. The molecule has 7 nitrogen and oxygen atoms in total. The molecule has 2 fully saturated rings. The predicted octanol–water partition coefficient (Wildman–Crippen LogP) is 4.11. The normalized spacial score (nSPS) is 21.4. The van der Waals surface area contributed by atoms with Gasteiger partial charge in [0.05, 0.1) is 4.90 Å². The molecule has 2 aliphatic heterocycles. The molecule has 2 aromatic rings. The van der Waals surface area contributed by atoms with Crippen LogP contribution in [0.2, 0.25) is 0 Å². The van der Waals surface area contributed by atoms with E-state index in [1.165, 1.54) is 4.31 Å². The van der Waals surface area contributed by atoms with Gasteiger partial charge in [0.25, 0.3) is 0 Å². The zero-order chi connectivity index (χ0) is 24.7. The zero-order valence-corrected chi connectivity index (χ0v) is 21.2. The van der Waals surface area contributed by atoms with E-state index in [1.807, 2.05) is 43.0 Å². The van der Waals surface area contributed by atoms with E-state index in [-0.39, 0.29) is 34.6 Å². The number of hydrogen-bond donors (Lipinski definition) is 1. The van der Waals surface area contributed by atoms with Crippen LogP contribution in [0.15, 0.2) is 47.4 Å². The van der Waals surface area contributed by atoms with Crippen LogP contribution < -0.4 is 10.2 Å². The highest BCUT2D eigenvalue weighted by Gasteiger charge is 2.38. The molecule has 8 heteroatoms.